The maximum atomic E-state index is 12.2. The number of rotatable bonds is 5. The summed E-state index contributed by atoms with van der Waals surface area (Å²) in [5.74, 6) is 1.52. The van der Waals surface area contributed by atoms with E-state index in [0.717, 1.165) is 23.7 Å². The summed E-state index contributed by atoms with van der Waals surface area (Å²) in [6, 6.07) is 0.0226. The van der Waals surface area contributed by atoms with Gasteiger partial charge in [-0.25, -0.2) is 0 Å². The number of guanidine groups is 1. The number of aliphatic imine (C=N–C) groups is 1. The van der Waals surface area contributed by atoms with Crippen LogP contribution in [0, 0.1) is 18.8 Å². The number of nitrogens with zero attached hydrogens (tertiary/aromatic N) is 4. The van der Waals surface area contributed by atoms with Gasteiger partial charge in [0.15, 0.2) is 5.96 Å². The number of amides is 1. The quantitative estimate of drug-likeness (QED) is 0.621. The molecule has 3 rings (SSSR count). The largest absolute Gasteiger partial charge is 0.370 e. The average molecular weight is 332 g/mol. The highest BCUT2D eigenvalue weighted by Crippen LogP contribution is 2.38. The number of carbonyl (C=O) groups excluding carboxylic acids is 1. The maximum absolute atomic E-state index is 12.2. The van der Waals surface area contributed by atoms with Crippen molar-refractivity contribution in [3.63, 3.8) is 0 Å². The molecule has 2 heterocycles. The molecule has 2 aliphatic rings. The highest BCUT2D eigenvalue weighted by atomic mass is 16.2. The lowest BCUT2D eigenvalue weighted by Crippen LogP contribution is -2.37. The topological polar surface area (TPSA) is 88.5 Å². The summed E-state index contributed by atoms with van der Waals surface area (Å²) in [7, 11) is 3.78. The van der Waals surface area contributed by atoms with E-state index in [9.17, 15) is 4.79 Å². The fourth-order valence-electron chi connectivity index (χ4n) is 3.60. The molecular formula is C17H28N6O. The Morgan fingerprint density at radius 1 is 1.46 bits per heavy atom. The molecule has 0 aromatic carbocycles. The molecule has 7 heteroatoms. The zero-order valence-electron chi connectivity index (χ0n) is 14.8. The van der Waals surface area contributed by atoms with Gasteiger partial charge in [-0.05, 0) is 25.7 Å². The zero-order chi connectivity index (χ0) is 17.3. The molecule has 1 aromatic rings. The van der Waals surface area contributed by atoms with Gasteiger partial charge in [0.1, 0.15) is 0 Å². The molecule has 0 spiro atoms. The van der Waals surface area contributed by atoms with Crippen LogP contribution in [0.1, 0.15) is 43.0 Å². The molecule has 2 fully saturated rings. The molecule has 0 radical (unpaired) electrons. The highest BCUT2D eigenvalue weighted by Gasteiger charge is 2.39. The summed E-state index contributed by atoms with van der Waals surface area (Å²) in [6.07, 6.45) is 6.26. The van der Waals surface area contributed by atoms with Gasteiger partial charge in [-0.1, -0.05) is 6.42 Å². The maximum Gasteiger partial charge on any atom is 0.223 e. The minimum atomic E-state index is 0.0226. The fourth-order valence-corrected chi connectivity index (χ4v) is 3.60. The lowest BCUT2D eigenvalue weighted by molar-refractivity contribution is -0.127. The Kier molecular flexibility index (Phi) is 4.78. The van der Waals surface area contributed by atoms with Crippen LogP contribution < -0.4 is 11.1 Å². The molecule has 1 amide bonds. The molecule has 0 bridgehead atoms. The van der Waals surface area contributed by atoms with Crippen LogP contribution in [0.25, 0.3) is 0 Å². The van der Waals surface area contributed by atoms with Crippen LogP contribution in [-0.4, -0.2) is 46.7 Å². The SMILES string of the molecule is Cc1c([C@H]2[C@H](CN=C(N)NCC3CCC3)CC(=O)N2C)cnn1C. The molecule has 132 valence electrons. The summed E-state index contributed by atoms with van der Waals surface area (Å²) in [5.41, 5.74) is 8.18. The van der Waals surface area contributed by atoms with Crippen molar-refractivity contribution in [2.45, 2.75) is 38.6 Å². The number of hydrogen-bond donors (Lipinski definition) is 2. The monoisotopic (exact) mass is 332 g/mol. The Morgan fingerprint density at radius 3 is 2.79 bits per heavy atom. The number of carbonyl (C=O) groups is 1. The third-order valence-electron chi connectivity index (χ3n) is 5.58. The number of nitrogens with one attached hydrogen (secondary N) is 1. The Balaban J connectivity index is 1.66. The van der Waals surface area contributed by atoms with Crippen molar-refractivity contribution in [3.8, 4) is 0 Å². The second-order valence-electron chi connectivity index (χ2n) is 7.13. The lowest BCUT2D eigenvalue weighted by Gasteiger charge is -2.26. The molecule has 1 aliphatic heterocycles. The molecule has 1 saturated carbocycles. The smallest absolute Gasteiger partial charge is 0.223 e. The number of nitrogens with two attached hydrogens (primary N) is 1. The van der Waals surface area contributed by atoms with E-state index in [4.69, 9.17) is 5.73 Å². The van der Waals surface area contributed by atoms with Crippen LogP contribution in [0.4, 0.5) is 0 Å². The van der Waals surface area contributed by atoms with E-state index in [1.807, 2.05) is 36.8 Å². The molecule has 2 atom stereocenters. The van der Waals surface area contributed by atoms with E-state index in [1.54, 1.807) is 0 Å². The first-order valence-electron chi connectivity index (χ1n) is 8.75. The van der Waals surface area contributed by atoms with E-state index < -0.39 is 0 Å². The van der Waals surface area contributed by atoms with E-state index in [0.29, 0.717) is 18.9 Å². The van der Waals surface area contributed by atoms with Crippen LogP contribution in [0.2, 0.25) is 0 Å². The Labute approximate surface area is 143 Å². The second kappa shape index (κ2) is 6.83. The second-order valence-corrected chi connectivity index (χ2v) is 7.13. The average Bonchev–Trinajstić information content (AvgIpc) is 2.96. The molecule has 1 saturated heterocycles. The van der Waals surface area contributed by atoms with Crippen LogP contribution >= 0.6 is 0 Å². The normalized spacial score (nSPS) is 25.2. The number of aryl methyl sites for hydroxylation is 1. The van der Waals surface area contributed by atoms with E-state index in [1.165, 1.54) is 19.3 Å². The first-order valence-corrected chi connectivity index (χ1v) is 8.75. The van der Waals surface area contributed by atoms with Crippen LogP contribution in [0.15, 0.2) is 11.2 Å². The van der Waals surface area contributed by atoms with Gasteiger partial charge in [-0.15, -0.1) is 0 Å². The predicted molar refractivity (Wildman–Crippen MR) is 93.4 cm³/mol. The van der Waals surface area contributed by atoms with Crippen molar-refractivity contribution in [1.82, 2.24) is 20.0 Å². The number of hydrogen-bond acceptors (Lipinski definition) is 3. The van der Waals surface area contributed by atoms with Crippen LogP contribution in [0.5, 0.6) is 0 Å². The lowest BCUT2D eigenvalue weighted by atomic mass is 9.85. The zero-order valence-corrected chi connectivity index (χ0v) is 14.8. The van der Waals surface area contributed by atoms with Crippen molar-refractivity contribution in [2.75, 3.05) is 20.1 Å². The molecule has 3 N–H and O–H groups in total. The minimum Gasteiger partial charge on any atom is -0.370 e. The summed E-state index contributed by atoms with van der Waals surface area (Å²) < 4.78 is 1.85. The van der Waals surface area contributed by atoms with Crippen LogP contribution in [0.3, 0.4) is 0 Å². The van der Waals surface area contributed by atoms with Gasteiger partial charge in [0.25, 0.3) is 0 Å². The molecule has 0 unspecified atom stereocenters. The van der Waals surface area contributed by atoms with Crippen molar-refractivity contribution in [2.24, 2.45) is 29.6 Å². The van der Waals surface area contributed by atoms with Gasteiger partial charge in [0.2, 0.25) is 5.91 Å². The van der Waals surface area contributed by atoms with Crippen molar-refractivity contribution in [3.05, 3.63) is 17.5 Å². The summed E-state index contributed by atoms with van der Waals surface area (Å²) >= 11 is 0. The number of aromatic nitrogens is 2. The molecular weight excluding hydrogens is 304 g/mol. The van der Waals surface area contributed by atoms with Crippen molar-refractivity contribution >= 4 is 11.9 Å². The first-order chi connectivity index (χ1) is 11.5. The summed E-state index contributed by atoms with van der Waals surface area (Å²) in [4.78, 5) is 18.5. The van der Waals surface area contributed by atoms with Gasteiger partial charge in [-0.3, -0.25) is 14.5 Å². The Hall–Kier alpha value is -2.05. The summed E-state index contributed by atoms with van der Waals surface area (Å²) in [5, 5.41) is 7.53. The first kappa shape index (κ1) is 16.8. The van der Waals surface area contributed by atoms with E-state index >= 15 is 0 Å². The van der Waals surface area contributed by atoms with E-state index in [-0.39, 0.29) is 17.9 Å². The molecule has 1 aromatic heterocycles. The van der Waals surface area contributed by atoms with Gasteiger partial charge in [-0.2, -0.15) is 5.10 Å². The van der Waals surface area contributed by atoms with Gasteiger partial charge < -0.3 is 16.0 Å². The molecule has 7 nitrogen and oxygen atoms in total. The highest BCUT2D eigenvalue weighted by molar-refractivity contribution is 5.80. The van der Waals surface area contributed by atoms with Crippen LogP contribution in [-0.2, 0) is 11.8 Å². The number of likely N-dealkylation sites (tertiary alicyclic amines) is 1. The third-order valence-corrected chi connectivity index (χ3v) is 5.58. The van der Waals surface area contributed by atoms with Gasteiger partial charge in [0.05, 0.1) is 12.2 Å². The van der Waals surface area contributed by atoms with E-state index in [2.05, 4.69) is 15.4 Å². The van der Waals surface area contributed by atoms with Gasteiger partial charge >= 0.3 is 0 Å². The van der Waals surface area contributed by atoms with Crippen molar-refractivity contribution < 1.29 is 4.79 Å². The van der Waals surface area contributed by atoms with Crippen molar-refractivity contribution in [1.29, 1.82) is 0 Å². The predicted octanol–water partition coefficient (Wildman–Crippen LogP) is 0.952. The molecule has 24 heavy (non-hydrogen) atoms. The summed E-state index contributed by atoms with van der Waals surface area (Å²) in [6.45, 7) is 3.50. The van der Waals surface area contributed by atoms with Gasteiger partial charge in [0, 0.05) is 50.8 Å². The fraction of sp³-hybridized carbons (Fsp3) is 0.706. The Morgan fingerprint density at radius 2 is 2.21 bits per heavy atom. The minimum absolute atomic E-state index is 0.0226. The third kappa shape index (κ3) is 3.25. The standard InChI is InChI=1S/C17H28N6O/c1-11-14(10-21-23(11)3)16-13(7-15(24)22(16)2)9-20-17(18)19-8-12-5-4-6-12/h10,12-13,16H,4-9H2,1-3H3,(H3,18,19,20)/t13-,16+/m0/s1. The Bertz CT molecular complexity index is 633. The molecule has 1 aliphatic carbocycles.